The minimum atomic E-state index is -1.20. The molecule has 2 unspecified atom stereocenters. The number of aliphatic hydroxyl groups is 2. The number of carbonyl (C=O) groups excluding carboxylic acids is 1. The van der Waals surface area contributed by atoms with Crippen LogP contribution in [0.5, 0.6) is 0 Å². The Morgan fingerprint density at radius 1 is 1.61 bits per heavy atom. The van der Waals surface area contributed by atoms with Crippen LogP contribution in [-0.2, 0) is 4.74 Å². The third-order valence-electron chi connectivity index (χ3n) is 2.09. The lowest BCUT2D eigenvalue weighted by molar-refractivity contribution is 0.0266. The molecule has 0 saturated heterocycles. The third kappa shape index (κ3) is 3.71. The Bertz CT molecular complexity index is 456. The fraction of sp³-hybridized carbons (Fsp3) is 0.500. The van der Waals surface area contributed by atoms with Crippen molar-refractivity contribution in [3.63, 3.8) is 0 Å². The molecule has 1 rings (SSSR count). The lowest BCUT2D eigenvalue weighted by atomic mass is 10.2. The molecule has 0 aliphatic heterocycles. The minimum Gasteiger partial charge on any atom is -0.462 e. The molecular formula is C10H13N3O4S. The van der Waals surface area contributed by atoms with Crippen molar-refractivity contribution in [2.75, 3.05) is 13.2 Å². The number of carbonyl (C=O) groups is 1. The number of aliphatic hydroxyl groups excluding tert-OH is 2. The van der Waals surface area contributed by atoms with E-state index in [1.807, 2.05) is 0 Å². The van der Waals surface area contributed by atoms with Crippen LogP contribution in [0.1, 0.15) is 27.6 Å². The van der Waals surface area contributed by atoms with Crippen molar-refractivity contribution in [1.29, 1.82) is 0 Å². The van der Waals surface area contributed by atoms with Crippen LogP contribution in [0.15, 0.2) is 17.2 Å². The molecule has 98 valence electrons. The highest BCUT2D eigenvalue weighted by atomic mass is 32.1. The average molecular weight is 271 g/mol. The van der Waals surface area contributed by atoms with Crippen molar-refractivity contribution in [2.24, 2.45) is 5.11 Å². The van der Waals surface area contributed by atoms with Gasteiger partial charge in [0.15, 0.2) is 0 Å². The summed E-state index contributed by atoms with van der Waals surface area (Å²) in [5, 5.41) is 22.5. The summed E-state index contributed by atoms with van der Waals surface area (Å²) in [5.74, 6) is -0.467. The highest BCUT2D eigenvalue weighted by Crippen LogP contribution is 2.26. The van der Waals surface area contributed by atoms with Gasteiger partial charge in [0.05, 0.1) is 19.3 Å². The van der Waals surface area contributed by atoms with Crippen molar-refractivity contribution in [2.45, 2.75) is 19.1 Å². The molecule has 1 heterocycles. The first-order valence-electron chi connectivity index (χ1n) is 5.24. The Labute approximate surface area is 107 Å². The number of hydrogen-bond acceptors (Lipinski definition) is 6. The Morgan fingerprint density at radius 3 is 2.94 bits per heavy atom. The number of azide groups is 1. The molecule has 2 N–H and O–H groups in total. The van der Waals surface area contributed by atoms with Crippen molar-refractivity contribution < 1.29 is 19.7 Å². The fourth-order valence-corrected chi connectivity index (χ4v) is 2.18. The van der Waals surface area contributed by atoms with E-state index >= 15 is 0 Å². The maximum atomic E-state index is 11.4. The van der Waals surface area contributed by atoms with Gasteiger partial charge in [-0.15, -0.1) is 11.3 Å². The molecule has 7 nitrogen and oxygen atoms in total. The summed E-state index contributed by atoms with van der Waals surface area (Å²) in [6, 6.07) is 3.04. The topological polar surface area (TPSA) is 116 Å². The summed E-state index contributed by atoms with van der Waals surface area (Å²) in [5.41, 5.74) is 8.11. The highest BCUT2D eigenvalue weighted by molar-refractivity contribution is 7.14. The second kappa shape index (κ2) is 6.97. The van der Waals surface area contributed by atoms with Gasteiger partial charge in [-0.1, -0.05) is 5.11 Å². The lowest BCUT2D eigenvalue weighted by Crippen LogP contribution is -2.20. The van der Waals surface area contributed by atoms with Crippen LogP contribution in [0, 0.1) is 0 Å². The number of esters is 1. The molecule has 0 saturated carbocycles. The van der Waals surface area contributed by atoms with E-state index in [1.54, 1.807) is 6.92 Å². The minimum absolute atomic E-state index is 0.232. The largest absolute Gasteiger partial charge is 0.462 e. The number of rotatable bonds is 6. The van der Waals surface area contributed by atoms with Gasteiger partial charge in [-0.25, -0.2) is 4.79 Å². The van der Waals surface area contributed by atoms with Crippen molar-refractivity contribution in [1.82, 2.24) is 0 Å². The summed E-state index contributed by atoms with van der Waals surface area (Å²) in [6.07, 6.45) is -2.39. The quantitative estimate of drug-likeness (QED) is 0.354. The van der Waals surface area contributed by atoms with E-state index < -0.39 is 18.2 Å². The van der Waals surface area contributed by atoms with E-state index in [0.717, 1.165) is 11.3 Å². The van der Waals surface area contributed by atoms with Crippen LogP contribution in [0.2, 0.25) is 0 Å². The first kappa shape index (κ1) is 14.5. The number of nitrogens with zero attached hydrogens (tertiary/aromatic N) is 3. The summed E-state index contributed by atoms with van der Waals surface area (Å²) >= 11 is 1.03. The van der Waals surface area contributed by atoms with E-state index in [2.05, 4.69) is 10.0 Å². The lowest BCUT2D eigenvalue weighted by Gasteiger charge is -2.13. The summed E-state index contributed by atoms with van der Waals surface area (Å²) in [7, 11) is 0. The predicted octanol–water partition coefficient (Wildman–Crippen LogP) is 1.63. The predicted molar refractivity (Wildman–Crippen MR) is 65.3 cm³/mol. The molecule has 0 aliphatic rings. The smallest absolute Gasteiger partial charge is 0.348 e. The van der Waals surface area contributed by atoms with Crippen molar-refractivity contribution in [3.05, 3.63) is 32.3 Å². The van der Waals surface area contributed by atoms with Gasteiger partial charge in [-0.3, -0.25) is 0 Å². The van der Waals surface area contributed by atoms with Crippen molar-refractivity contribution >= 4 is 17.3 Å². The van der Waals surface area contributed by atoms with Gasteiger partial charge in [-0.05, 0) is 24.6 Å². The molecule has 1 aromatic rings. The van der Waals surface area contributed by atoms with Gasteiger partial charge in [0.1, 0.15) is 11.0 Å². The first-order valence-corrected chi connectivity index (χ1v) is 6.05. The van der Waals surface area contributed by atoms with Gasteiger partial charge in [0.2, 0.25) is 0 Å². The Kier molecular flexibility index (Phi) is 5.60. The normalized spacial score (nSPS) is 13.5. The van der Waals surface area contributed by atoms with E-state index in [1.165, 1.54) is 12.1 Å². The van der Waals surface area contributed by atoms with Gasteiger partial charge in [0.25, 0.3) is 0 Å². The van der Waals surface area contributed by atoms with Crippen LogP contribution < -0.4 is 0 Å². The van der Waals surface area contributed by atoms with Crippen LogP contribution in [0.25, 0.3) is 10.4 Å². The zero-order valence-electron chi connectivity index (χ0n) is 9.68. The Balaban J connectivity index is 2.72. The number of ether oxygens (including phenoxy) is 1. The van der Waals surface area contributed by atoms with E-state index in [0.29, 0.717) is 9.75 Å². The standard InChI is InChI=1S/C10H13N3O4S/c1-2-17-10(16)8-4-3-7(18-8)9(15)6(14)5-12-13-11/h3-4,6,9,14-15H,2,5H2,1H3. The molecule has 2 atom stereocenters. The van der Waals surface area contributed by atoms with E-state index in [4.69, 9.17) is 10.3 Å². The zero-order chi connectivity index (χ0) is 13.5. The second-order valence-electron chi connectivity index (χ2n) is 3.35. The number of thiophene rings is 1. The average Bonchev–Trinajstić information content (AvgIpc) is 2.84. The maximum Gasteiger partial charge on any atom is 0.348 e. The molecule has 0 amide bonds. The van der Waals surface area contributed by atoms with E-state index in [9.17, 15) is 15.0 Å². The molecule has 0 aliphatic carbocycles. The monoisotopic (exact) mass is 271 g/mol. The molecule has 0 fully saturated rings. The molecule has 0 aromatic carbocycles. The maximum absolute atomic E-state index is 11.4. The van der Waals surface area contributed by atoms with E-state index in [-0.39, 0.29) is 13.2 Å². The first-order chi connectivity index (χ1) is 8.60. The van der Waals surface area contributed by atoms with Crippen LogP contribution in [0.4, 0.5) is 0 Å². The second-order valence-corrected chi connectivity index (χ2v) is 4.46. The molecule has 0 radical (unpaired) electrons. The molecule has 1 aromatic heterocycles. The van der Waals surface area contributed by atoms with Gasteiger partial charge in [-0.2, -0.15) is 0 Å². The van der Waals surface area contributed by atoms with Crippen LogP contribution >= 0.6 is 11.3 Å². The zero-order valence-corrected chi connectivity index (χ0v) is 10.5. The van der Waals surface area contributed by atoms with Gasteiger partial charge in [0, 0.05) is 9.79 Å². The Morgan fingerprint density at radius 2 is 2.33 bits per heavy atom. The van der Waals surface area contributed by atoms with Crippen molar-refractivity contribution in [3.8, 4) is 0 Å². The van der Waals surface area contributed by atoms with Gasteiger partial charge < -0.3 is 14.9 Å². The molecular weight excluding hydrogens is 258 g/mol. The van der Waals surface area contributed by atoms with Crippen LogP contribution in [0.3, 0.4) is 0 Å². The third-order valence-corrected chi connectivity index (χ3v) is 3.23. The molecule has 0 spiro atoms. The SMILES string of the molecule is CCOC(=O)c1ccc(C(O)C(O)CN=[N+]=[N-])s1. The fourth-order valence-electron chi connectivity index (χ4n) is 1.23. The summed E-state index contributed by atoms with van der Waals surface area (Å²) < 4.78 is 4.81. The van der Waals surface area contributed by atoms with Crippen LogP contribution in [-0.4, -0.2) is 35.4 Å². The Hall–Kier alpha value is -1.60. The highest BCUT2D eigenvalue weighted by Gasteiger charge is 2.21. The molecule has 8 heteroatoms. The molecule has 0 bridgehead atoms. The van der Waals surface area contributed by atoms with Gasteiger partial charge >= 0.3 is 5.97 Å². The number of hydrogen-bond donors (Lipinski definition) is 2. The molecule has 18 heavy (non-hydrogen) atoms. The summed E-state index contributed by atoms with van der Waals surface area (Å²) in [4.78, 5) is 14.7. The summed E-state index contributed by atoms with van der Waals surface area (Å²) in [6.45, 7) is 1.74.